The summed E-state index contributed by atoms with van der Waals surface area (Å²) in [7, 11) is 0. The molecule has 1 aromatic heterocycles. The minimum absolute atomic E-state index is 0.0558. The number of aromatic nitrogens is 1. The number of carbonyl (C=O) groups is 2. The number of ether oxygens (including phenoxy) is 1. The van der Waals surface area contributed by atoms with E-state index >= 15 is 0 Å². The van der Waals surface area contributed by atoms with Gasteiger partial charge in [-0.15, -0.1) is 0 Å². The lowest BCUT2D eigenvalue weighted by atomic mass is 10.2. The SMILES string of the molecule is O=C(CCn1c(=O)oc2ccccc21)OCC(=O)N1c2ccccc2Sc2ccccc21. The van der Waals surface area contributed by atoms with Crippen LogP contribution in [-0.4, -0.2) is 23.1 Å². The summed E-state index contributed by atoms with van der Waals surface area (Å²) in [6.07, 6.45) is -0.0558. The van der Waals surface area contributed by atoms with E-state index in [2.05, 4.69) is 0 Å². The van der Waals surface area contributed by atoms with Gasteiger partial charge in [0.2, 0.25) is 0 Å². The van der Waals surface area contributed by atoms with Crippen LogP contribution in [0.3, 0.4) is 0 Å². The number of rotatable bonds is 5. The van der Waals surface area contributed by atoms with Crippen molar-refractivity contribution in [3.8, 4) is 0 Å². The van der Waals surface area contributed by atoms with Gasteiger partial charge in [-0.3, -0.25) is 19.1 Å². The number of amides is 1. The number of oxazole rings is 1. The van der Waals surface area contributed by atoms with Crippen molar-refractivity contribution in [1.29, 1.82) is 0 Å². The molecule has 2 heterocycles. The molecule has 1 amide bonds. The van der Waals surface area contributed by atoms with E-state index in [0.29, 0.717) is 11.1 Å². The van der Waals surface area contributed by atoms with E-state index in [1.54, 1.807) is 40.9 Å². The van der Waals surface area contributed by atoms with Gasteiger partial charge in [0.1, 0.15) is 0 Å². The molecule has 5 rings (SSSR count). The standard InChI is InChI=1S/C24H18N2O5S/c27-22(26-17-8-2-5-11-20(17)32-21-12-6-3-9-18(21)26)15-30-23(28)13-14-25-16-7-1-4-10-19(16)31-24(25)29/h1-12H,13-15H2. The van der Waals surface area contributed by atoms with Crippen molar-refractivity contribution in [1.82, 2.24) is 4.57 Å². The summed E-state index contributed by atoms with van der Waals surface area (Å²) >= 11 is 1.59. The van der Waals surface area contributed by atoms with Crippen molar-refractivity contribution in [2.75, 3.05) is 11.5 Å². The lowest BCUT2D eigenvalue weighted by Gasteiger charge is -2.30. The molecule has 0 fully saturated rings. The Morgan fingerprint density at radius 2 is 1.50 bits per heavy atom. The summed E-state index contributed by atoms with van der Waals surface area (Å²) in [5, 5.41) is 0. The number of para-hydroxylation sites is 4. The first-order chi connectivity index (χ1) is 15.6. The highest BCUT2D eigenvalue weighted by molar-refractivity contribution is 7.99. The molecule has 1 aliphatic heterocycles. The van der Waals surface area contributed by atoms with Crippen molar-refractivity contribution in [3.63, 3.8) is 0 Å². The highest BCUT2D eigenvalue weighted by Crippen LogP contribution is 2.47. The average Bonchev–Trinajstić information content (AvgIpc) is 3.14. The van der Waals surface area contributed by atoms with Gasteiger partial charge in [0.15, 0.2) is 12.2 Å². The number of hydrogen-bond acceptors (Lipinski definition) is 6. The Morgan fingerprint density at radius 1 is 0.875 bits per heavy atom. The van der Waals surface area contributed by atoms with Gasteiger partial charge in [-0.1, -0.05) is 48.2 Å². The van der Waals surface area contributed by atoms with E-state index in [4.69, 9.17) is 9.15 Å². The van der Waals surface area contributed by atoms with Crippen LogP contribution in [0.15, 0.2) is 91.8 Å². The largest absolute Gasteiger partial charge is 0.455 e. The first kappa shape index (κ1) is 20.1. The smallest absolute Gasteiger partial charge is 0.419 e. The fraction of sp³-hybridized carbons (Fsp3) is 0.125. The molecule has 3 aromatic carbocycles. The quantitative estimate of drug-likeness (QED) is 0.424. The zero-order valence-electron chi connectivity index (χ0n) is 16.9. The number of nitrogens with zero attached hydrogens (tertiary/aromatic N) is 2. The molecule has 0 radical (unpaired) electrons. The molecule has 32 heavy (non-hydrogen) atoms. The van der Waals surface area contributed by atoms with E-state index in [1.807, 2.05) is 48.5 Å². The van der Waals surface area contributed by atoms with Crippen LogP contribution in [0.1, 0.15) is 6.42 Å². The molecule has 0 atom stereocenters. The molecule has 160 valence electrons. The van der Waals surface area contributed by atoms with E-state index in [9.17, 15) is 14.4 Å². The maximum absolute atomic E-state index is 13.1. The summed E-state index contributed by atoms with van der Waals surface area (Å²) in [5.74, 6) is -1.44. The minimum Gasteiger partial charge on any atom is -0.455 e. The lowest BCUT2D eigenvalue weighted by Crippen LogP contribution is -2.32. The van der Waals surface area contributed by atoms with Crippen LogP contribution in [0.25, 0.3) is 11.1 Å². The van der Waals surface area contributed by atoms with Gasteiger partial charge in [0.05, 0.1) is 23.3 Å². The van der Waals surface area contributed by atoms with Crippen LogP contribution in [0.4, 0.5) is 11.4 Å². The first-order valence-electron chi connectivity index (χ1n) is 10.0. The number of hydrogen-bond donors (Lipinski definition) is 0. The maximum atomic E-state index is 13.1. The summed E-state index contributed by atoms with van der Waals surface area (Å²) in [6, 6.07) is 22.2. The Kier molecular flexibility index (Phi) is 5.28. The molecule has 0 spiro atoms. The first-order valence-corrected chi connectivity index (χ1v) is 10.9. The Hall–Kier alpha value is -3.78. The molecular formula is C24H18N2O5S. The van der Waals surface area contributed by atoms with Crippen molar-refractivity contribution in [3.05, 3.63) is 83.3 Å². The van der Waals surface area contributed by atoms with E-state index < -0.39 is 18.3 Å². The minimum atomic E-state index is -0.566. The second-order valence-corrected chi connectivity index (χ2v) is 8.25. The van der Waals surface area contributed by atoms with Gasteiger partial charge >= 0.3 is 11.7 Å². The van der Waals surface area contributed by atoms with E-state index in [0.717, 1.165) is 21.2 Å². The monoisotopic (exact) mass is 446 g/mol. The van der Waals surface area contributed by atoms with Gasteiger partial charge in [0, 0.05) is 16.3 Å². The molecule has 0 unspecified atom stereocenters. The third-order valence-electron chi connectivity index (χ3n) is 5.15. The van der Waals surface area contributed by atoms with Crippen molar-refractivity contribution in [2.24, 2.45) is 0 Å². The van der Waals surface area contributed by atoms with Crippen molar-refractivity contribution >= 4 is 46.1 Å². The fourth-order valence-electron chi connectivity index (χ4n) is 3.68. The molecule has 0 saturated carbocycles. The summed E-state index contributed by atoms with van der Waals surface area (Å²) in [6.45, 7) is -0.290. The van der Waals surface area contributed by atoms with Crippen LogP contribution >= 0.6 is 11.8 Å². The predicted octanol–water partition coefficient (Wildman–Crippen LogP) is 4.36. The summed E-state index contributed by atoms with van der Waals surface area (Å²) < 4.78 is 11.8. The normalized spacial score (nSPS) is 12.3. The maximum Gasteiger partial charge on any atom is 0.419 e. The second kappa shape index (κ2) is 8.39. The summed E-state index contributed by atoms with van der Waals surface area (Å²) in [4.78, 5) is 40.9. The number of benzene rings is 3. The second-order valence-electron chi connectivity index (χ2n) is 7.16. The lowest BCUT2D eigenvalue weighted by molar-refractivity contribution is -0.147. The molecular weight excluding hydrogens is 428 g/mol. The Morgan fingerprint density at radius 3 is 2.22 bits per heavy atom. The molecule has 7 nitrogen and oxygen atoms in total. The van der Waals surface area contributed by atoms with Gasteiger partial charge < -0.3 is 9.15 Å². The van der Waals surface area contributed by atoms with Crippen LogP contribution in [0.5, 0.6) is 0 Å². The Bertz CT molecular complexity index is 1340. The number of esters is 1. The topological polar surface area (TPSA) is 81.7 Å². The number of fused-ring (bicyclic) bond motifs is 3. The van der Waals surface area contributed by atoms with Gasteiger partial charge in [-0.25, -0.2) is 4.79 Å². The number of carbonyl (C=O) groups excluding carboxylic acids is 2. The molecule has 0 bridgehead atoms. The predicted molar refractivity (Wildman–Crippen MR) is 120 cm³/mol. The highest BCUT2D eigenvalue weighted by Gasteiger charge is 2.28. The zero-order chi connectivity index (χ0) is 22.1. The van der Waals surface area contributed by atoms with Gasteiger partial charge in [-0.2, -0.15) is 0 Å². The van der Waals surface area contributed by atoms with Crippen LogP contribution < -0.4 is 10.7 Å². The third-order valence-corrected chi connectivity index (χ3v) is 6.28. The van der Waals surface area contributed by atoms with E-state index in [-0.39, 0.29) is 18.9 Å². The summed E-state index contributed by atoms with van der Waals surface area (Å²) in [5.41, 5.74) is 2.59. The average molecular weight is 446 g/mol. The molecule has 0 aliphatic carbocycles. The molecule has 8 heteroatoms. The van der Waals surface area contributed by atoms with Gasteiger partial charge in [-0.05, 0) is 36.4 Å². The number of anilines is 2. The van der Waals surface area contributed by atoms with Crippen LogP contribution in [-0.2, 0) is 20.9 Å². The van der Waals surface area contributed by atoms with E-state index in [1.165, 1.54) is 4.57 Å². The zero-order valence-corrected chi connectivity index (χ0v) is 17.7. The molecule has 0 saturated heterocycles. The molecule has 1 aliphatic rings. The molecule has 0 N–H and O–H groups in total. The highest BCUT2D eigenvalue weighted by atomic mass is 32.2. The van der Waals surface area contributed by atoms with Crippen molar-refractivity contribution in [2.45, 2.75) is 22.8 Å². The van der Waals surface area contributed by atoms with Crippen LogP contribution in [0, 0.1) is 0 Å². The van der Waals surface area contributed by atoms with Crippen LogP contribution in [0.2, 0.25) is 0 Å². The fourth-order valence-corrected chi connectivity index (χ4v) is 4.74. The van der Waals surface area contributed by atoms with Gasteiger partial charge in [0.25, 0.3) is 5.91 Å². The number of aryl methyl sites for hydroxylation is 1. The van der Waals surface area contributed by atoms with Crippen molar-refractivity contribution < 1.29 is 18.7 Å². The Labute approximate surface area is 187 Å². The molecule has 4 aromatic rings. The third kappa shape index (κ3) is 3.69. The Balaban J connectivity index is 1.28.